The molecule has 2 amide bonds. The molecule has 3 heterocycles. The van der Waals surface area contributed by atoms with Gasteiger partial charge in [-0.15, -0.1) is 0 Å². The number of likely N-dealkylation sites (tertiary alicyclic amines) is 1. The number of rotatable bonds is 6. The fourth-order valence-electron chi connectivity index (χ4n) is 3.67. The minimum absolute atomic E-state index is 0.0385. The molecule has 0 saturated carbocycles. The quantitative estimate of drug-likeness (QED) is 0.825. The second kappa shape index (κ2) is 7.75. The van der Waals surface area contributed by atoms with Gasteiger partial charge in [0, 0.05) is 44.3 Å². The molecule has 2 aliphatic rings. The Morgan fingerprint density at radius 1 is 1.38 bits per heavy atom. The van der Waals surface area contributed by atoms with Crippen LogP contribution >= 0.6 is 0 Å². The predicted molar refractivity (Wildman–Crippen MR) is 93.7 cm³/mol. The number of carbonyl (C=O) groups excluding carboxylic acids is 2. The second-order valence-electron chi connectivity index (χ2n) is 7.58. The molecule has 8 nitrogen and oxygen atoms in total. The Hall–Kier alpha value is -1.93. The number of ether oxygens (including phenoxy) is 2. The van der Waals surface area contributed by atoms with E-state index in [1.54, 1.807) is 18.1 Å². The molecule has 2 aliphatic heterocycles. The van der Waals surface area contributed by atoms with E-state index in [-0.39, 0.29) is 23.3 Å². The van der Waals surface area contributed by atoms with Gasteiger partial charge in [-0.05, 0) is 19.3 Å². The van der Waals surface area contributed by atoms with Crippen molar-refractivity contribution >= 4 is 17.7 Å². The summed E-state index contributed by atoms with van der Waals surface area (Å²) in [5, 5.41) is 6.82. The number of nitrogens with zero attached hydrogens (tertiary/aromatic N) is 2. The molecule has 0 bridgehead atoms. The molecule has 144 valence electrons. The van der Waals surface area contributed by atoms with Crippen LogP contribution in [0.5, 0.6) is 0 Å². The van der Waals surface area contributed by atoms with Gasteiger partial charge < -0.3 is 18.9 Å². The van der Waals surface area contributed by atoms with Crippen molar-refractivity contribution in [2.75, 3.05) is 32.2 Å². The zero-order chi connectivity index (χ0) is 18.7. The van der Waals surface area contributed by atoms with Gasteiger partial charge in [0.25, 0.3) is 0 Å². The Morgan fingerprint density at radius 3 is 2.81 bits per heavy atom. The standard InChI is InChI=1S/C18H27N3O5/c1-18(2,11-24-3)14-10-15(26-20-14)19-17(23)13-4-5-16(22)21(13)12-6-8-25-9-7-12/h10,12-13H,4-9,11H2,1-3H3,(H,19,23)/t13-/m0/s1. The van der Waals surface area contributed by atoms with Crippen molar-refractivity contribution < 1.29 is 23.6 Å². The van der Waals surface area contributed by atoms with Gasteiger partial charge in [0.05, 0.1) is 12.3 Å². The van der Waals surface area contributed by atoms with Crippen molar-refractivity contribution in [2.24, 2.45) is 0 Å². The van der Waals surface area contributed by atoms with Crippen molar-refractivity contribution in [3.05, 3.63) is 11.8 Å². The summed E-state index contributed by atoms with van der Waals surface area (Å²) in [7, 11) is 1.63. The van der Waals surface area contributed by atoms with Gasteiger partial charge in [0.1, 0.15) is 6.04 Å². The van der Waals surface area contributed by atoms with Crippen molar-refractivity contribution in [1.82, 2.24) is 10.1 Å². The van der Waals surface area contributed by atoms with Gasteiger partial charge in [0.15, 0.2) is 0 Å². The summed E-state index contributed by atoms with van der Waals surface area (Å²) in [6, 6.07) is 1.32. The molecular weight excluding hydrogens is 338 g/mol. The first-order valence-corrected chi connectivity index (χ1v) is 9.08. The van der Waals surface area contributed by atoms with Crippen molar-refractivity contribution in [3.8, 4) is 0 Å². The average molecular weight is 365 g/mol. The first-order chi connectivity index (χ1) is 12.4. The summed E-state index contributed by atoms with van der Waals surface area (Å²) < 4.78 is 15.8. The molecule has 1 N–H and O–H groups in total. The average Bonchev–Trinajstić information content (AvgIpc) is 3.23. The second-order valence-corrected chi connectivity index (χ2v) is 7.58. The van der Waals surface area contributed by atoms with Gasteiger partial charge in [-0.3, -0.25) is 14.9 Å². The zero-order valence-electron chi connectivity index (χ0n) is 15.6. The fourth-order valence-corrected chi connectivity index (χ4v) is 3.67. The van der Waals surface area contributed by atoms with Crippen LogP contribution in [-0.2, 0) is 24.5 Å². The summed E-state index contributed by atoms with van der Waals surface area (Å²) in [5.74, 6) is 0.103. The predicted octanol–water partition coefficient (Wildman–Crippen LogP) is 1.71. The molecule has 0 radical (unpaired) electrons. The van der Waals surface area contributed by atoms with E-state index in [1.165, 1.54) is 0 Å². The number of carbonyl (C=O) groups is 2. The number of nitrogens with one attached hydrogen (secondary N) is 1. The fraction of sp³-hybridized carbons (Fsp3) is 0.722. The number of amides is 2. The maximum Gasteiger partial charge on any atom is 0.249 e. The van der Waals surface area contributed by atoms with E-state index in [1.807, 2.05) is 13.8 Å². The van der Waals surface area contributed by atoms with E-state index < -0.39 is 6.04 Å². The summed E-state index contributed by atoms with van der Waals surface area (Å²) >= 11 is 0. The molecule has 1 aromatic heterocycles. The summed E-state index contributed by atoms with van der Waals surface area (Å²) in [5.41, 5.74) is 0.386. The number of hydrogen-bond donors (Lipinski definition) is 1. The largest absolute Gasteiger partial charge is 0.384 e. The highest BCUT2D eigenvalue weighted by Gasteiger charge is 2.41. The van der Waals surface area contributed by atoms with Crippen LogP contribution in [-0.4, -0.2) is 60.9 Å². The van der Waals surface area contributed by atoms with Crippen LogP contribution in [0, 0.1) is 0 Å². The van der Waals surface area contributed by atoms with Gasteiger partial charge >= 0.3 is 0 Å². The van der Waals surface area contributed by atoms with E-state index in [4.69, 9.17) is 14.0 Å². The molecule has 26 heavy (non-hydrogen) atoms. The molecule has 0 spiro atoms. The molecule has 1 aromatic rings. The smallest absolute Gasteiger partial charge is 0.249 e. The normalized spacial score (nSPS) is 22.0. The van der Waals surface area contributed by atoms with E-state index >= 15 is 0 Å². The molecule has 8 heteroatoms. The lowest BCUT2D eigenvalue weighted by Gasteiger charge is -2.34. The molecule has 1 atom stereocenters. The maximum atomic E-state index is 12.7. The molecule has 0 aliphatic carbocycles. The Bertz CT molecular complexity index is 651. The summed E-state index contributed by atoms with van der Waals surface area (Å²) in [4.78, 5) is 26.8. The van der Waals surface area contributed by atoms with Gasteiger partial charge in [-0.1, -0.05) is 19.0 Å². The van der Waals surface area contributed by atoms with Crippen LogP contribution in [0.25, 0.3) is 0 Å². The zero-order valence-corrected chi connectivity index (χ0v) is 15.6. The topological polar surface area (TPSA) is 93.9 Å². The highest BCUT2D eigenvalue weighted by Crippen LogP contribution is 2.29. The molecule has 0 unspecified atom stereocenters. The number of hydrogen-bond acceptors (Lipinski definition) is 6. The third kappa shape index (κ3) is 3.91. The van der Waals surface area contributed by atoms with Gasteiger partial charge in [-0.2, -0.15) is 0 Å². The van der Waals surface area contributed by atoms with E-state index in [0.717, 1.165) is 12.8 Å². The lowest BCUT2D eigenvalue weighted by atomic mass is 9.90. The summed E-state index contributed by atoms with van der Waals surface area (Å²) in [6.45, 7) is 5.72. The first-order valence-electron chi connectivity index (χ1n) is 9.08. The Kier molecular flexibility index (Phi) is 5.62. The molecule has 3 rings (SSSR count). The summed E-state index contributed by atoms with van der Waals surface area (Å²) in [6.07, 6.45) is 2.47. The van der Waals surface area contributed by atoms with Gasteiger partial charge in [-0.25, -0.2) is 0 Å². The number of methoxy groups -OCH3 is 1. The minimum atomic E-state index is -0.467. The van der Waals surface area contributed by atoms with E-state index in [9.17, 15) is 9.59 Å². The Morgan fingerprint density at radius 2 is 2.12 bits per heavy atom. The number of anilines is 1. The Labute approximate surface area is 153 Å². The minimum Gasteiger partial charge on any atom is -0.384 e. The van der Waals surface area contributed by atoms with Crippen LogP contribution in [0.1, 0.15) is 45.2 Å². The highest BCUT2D eigenvalue weighted by molar-refractivity contribution is 5.98. The third-order valence-electron chi connectivity index (χ3n) is 5.10. The monoisotopic (exact) mass is 365 g/mol. The maximum absolute atomic E-state index is 12.7. The van der Waals surface area contributed by atoms with Crippen molar-refractivity contribution in [1.29, 1.82) is 0 Å². The first kappa shape index (κ1) is 18.8. The van der Waals surface area contributed by atoms with Crippen molar-refractivity contribution in [2.45, 2.75) is 57.0 Å². The lowest BCUT2D eigenvalue weighted by Crippen LogP contribution is -2.49. The molecule has 2 fully saturated rings. The Balaban J connectivity index is 1.67. The van der Waals surface area contributed by atoms with Crippen LogP contribution in [0.2, 0.25) is 0 Å². The van der Waals surface area contributed by atoms with Crippen LogP contribution in [0.15, 0.2) is 10.6 Å². The van der Waals surface area contributed by atoms with Crippen LogP contribution in [0.4, 0.5) is 5.88 Å². The lowest BCUT2D eigenvalue weighted by molar-refractivity contribution is -0.137. The van der Waals surface area contributed by atoms with Crippen molar-refractivity contribution in [3.63, 3.8) is 0 Å². The van der Waals surface area contributed by atoms with Gasteiger partial charge in [0.2, 0.25) is 17.7 Å². The van der Waals surface area contributed by atoms with Crippen LogP contribution in [0.3, 0.4) is 0 Å². The SMILES string of the molecule is COCC(C)(C)c1cc(NC(=O)[C@@H]2CCC(=O)N2C2CCOCC2)on1. The molecule has 2 saturated heterocycles. The molecular formula is C18H27N3O5. The number of aromatic nitrogens is 1. The van der Waals surface area contributed by atoms with Crippen LogP contribution < -0.4 is 5.32 Å². The molecule has 0 aromatic carbocycles. The third-order valence-corrected chi connectivity index (χ3v) is 5.10. The van der Waals surface area contributed by atoms with E-state index in [0.29, 0.717) is 44.2 Å². The highest BCUT2D eigenvalue weighted by atomic mass is 16.5. The van der Waals surface area contributed by atoms with E-state index in [2.05, 4.69) is 10.5 Å².